The van der Waals surface area contributed by atoms with Crippen molar-refractivity contribution in [3.05, 3.63) is 44.1 Å². The van der Waals surface area contributed by atoms with Crippen LogP contribution in [0.4, 0.5) is 11.6 Å². The number of para-hydroxylation sites is 1. The van der Waals surface area contributed by atoms with Crippen molar-refractivity contribution in [2.75, 3.05) is 31.2 Å². The average Bonchev–Trinajstić information content (AvgIpc) is 2.88. The van der Waals surface area contributed by atoms with Crippen molar-refractivity contribution in [1.82, 2.24) is 0 Å². The Morgan fingerprint density at radius 1 is 1.24 bits per heavy atom. The molecule has 4 nitrogen and oxygen atoms in total. The van der Waals surface area contributed by atoms with Crippen molar-refractivity contribution in [3.8, 4) is 0 Å². The van der Waals surface area contributed by atoms with Gasteiger partial charge < -0.3 is 14.1 Å². The molecule has 1 aliphatic heterocycles. The first-order valence-electron chi connectivity index (χ1n) is 6.64. The van der Waals surface area contributed by atoms with Crippen LogP contribution in [0.5, 0.6) is 0 Å². The van der Waals surface area contributed by atoms with Crippen LogP contribution in [0.25, 0.3) is 0 Å². The summed E-state index contributed by atoms with van der Waals surface area (Å²) in [7, 11) is 0. The van der Waals surface area contributed by atoms with Gasteiger partial charge in [0.15, 0.2) is 0 Å². The summed E-state index contributed by atoms with van der Waals surface area (Å²) in [6.07, 6.45) is 1.76. The summed E-state index contributed by atoms with van der Waals surface area (Å²) in [5.41, 5.74) is 0.943. The molecule has 1 aromatic carbocycles. The Labute approximate surface area is 145 Å². The zero-order valence-corrected chi connectivity index (χ0v) is 15.0. The lowest BCUT2D eigenvalue weighted by Crippen LogP contribution is -2.36. The van der Waals surface area contributed by atoms with Crippen molar-refractivity contribution >= 4 is 56.3 Å². The molecule has 6 heteroatoms. The molecule has 0 bridgehead atoms. The van der Waals surface area contributed by atoms with Crippen molar-refractivity contribution in [1.29, 1.82) is 0 Å². The van der Waals surface area contributed by atoms with Gasteiger partial charge in [-0.15, -0.1) is 0 Å². The summed E-state index contributed by atoms with van der Waals surface area (Å²) >= 11 is 5.83. The summed E-state index contributed by atoms with van der Waals surface area (Å²) < 4.78 is 13.3. The monoisotopic (exact) mass is 460 g/mol. The Morgan fingerprint density at radius 2 is 2.00 bits per heavy atom. The molecule has 3 rings (SSSR count). The number of halogens is 2. The lowest BCUT2D eigenvalue weighted by Gasteiger charge is -2.26. The Bertz CT molecular complexity index is 651. The standard InChI is InChI=1S/C15H14BrIN2O2/c16-12-9-11(10-18-14-4-2-1-3-13(14)17)21-15(12)19-5-7-20-8-6-19/h1-4,9-10H,5-8H2. The molecular weight excluding hydrogens is 447 g/mol. The number of anilines is 1. The van der Waals surface area contributed by atoms with Crippen LogP contribution in [0.15, 0.2) is 44.2 Å². The minimum absolute atomic E-state index is 0.735. The van der Waals surface area contributed by atoms with E-state index in [1.165, 1.54) is 0 Å². The zero-order valence-electron chi connectivity index (χ0n) is 11.3. The molecule has 0 spiro atoms. The molecule has 21 heavy (non-hydrogen) atoms. The van der Waals surface area contributed by atoms with E-state index >= 15 is 0 Å². The van der Waals surface area contributed by atoms with E-state index in [1.54, 1.807) is 6.21 Å². The molecule has 1 aliphatic rings. The van der Waals surface area contributed by atoms with Gasteiger partial charge in [-0.2, -0.15) is 0 Å². The SMILES string of the molecule is Brc1cc(C=Nc2ccccc2I)oc1N1CCOCC1. The number of rotatable bonds is 3. The first-order chi connectivity index (χ1) is 10.2. The molecule has 1 aromatic heterocycles. The van der Waals surface area contributed by atoms with E-state index in [1.807, 2.05) is 30.3 Å². The molecule has 110 valence electrons. The first kappa shape index (κ1) is 15.1. The summed E-state index contributed by atoms with van der Waals surface area (Å²) in [5, 5.41) is 0. The van der Waals surface area contributed by atoms with E-state index in [0.717, 1.165) is 51.7 Å². The molecule has 0 aliphatic carbocycles. The summed E-state index contributed by atoms with van der Waals surface area (Å²) in [6, 6.07) is 9.94. The van der Waals surface area contributed by atoms with Crippen LogP contribution in [0.3, 0.4) is 0 Å². The fraction of sp³-hybridized carbons (Fsp3) is 0.267. The summed E-state index contributed by atoms with van der Waals surface area (Å²) in [5.74, 6) is 1.59. The van der Waals surface area contributed by atoms with Crippen molar-refractivity contribution in [2.45, 2.75) is 0 Å². The van der Waals surface area contributed by atoms with E-state index in [9.17, 15) is 0 Å². The molecule has 0 atom stereocenters. The molecule has 2 aromatic rings. The third-order valence-electron chi connectivity index (χ3n) is 3.17. The highest BCUT2D eigenvalue weighted by molar-refractivity contribution is 14.1. The third kappa shape index (κ3) is 3.67. The molecule has 1 saturated heterocycles. The summed E-state index contributed by atoms with van der Waals surface area (Å²) in [4.78, 5) is 6.66. The third-order valence-corrected chi connectivity index (χ3v) is 4.65. The number of hydrogen-bond acceptors (Lipinski definition) is 4. The largest absolute Gasteiger partial charge is 0.438 e. The normalized spacial score (nSPS) is 15.8. The van der Waals surface area contributed by atoms with E-state index in [0.29, 0.717) is 0 Å². The Balaban J connectivity index is 1.79. The van der Waals surface area contributed by atoms with Gasteiger partial charge in [-0.1, -0.05) is 12.1 Å². The van der Waals surface area contributed by atoms with Crippen molar-refractivity contribution < 1.29 is 9.15 Å². The Kier molecular flexibility index (Phi) is 4.97. The summed E-state index contributed by atoms with van der Waals surface area (Å²) in [6.45, 7) is 3.16. The molecule has 0 saturated carbocycles. The first-order valence-corrected chi connectivity index (χ1v) is 8.52. The average molecular weight is 461 g/mol. The number of benzene rings is 1. The lowest BCUT2D eigenvalue weighted by atomic mass is 10.3. The van der Waals surface area contributed by atoms with Gasteiger partial charge in [0.1, 0.15) is 5.76 Å². The van der Waals surface area contributed by atoms with E-state index in [4.69, 9.17) is 9.15 Å². The van der Waals surface area contributed by atoms with E-state index in [2.05, 4.69) is 48.4 Å². The van der Waals surface area contributed by atoms with Crippen LogP contribution < -0.4 is 4.90 Å². The maximum absolute atomic E-state index is 5.89. The van der Waals surface area contributed by atoms with Crippen molar-refractivity contribution in [3.63, 3.8) is 0 Å². The minimum atomic E-state index is 0.735. The van der Waals surface area contributed by atoms with Gasteiger partial charge in [0, 0.05) is 22.7 Å². The van der Waals surface area contributed by atoms with Gasteiger partial charge in [0.2, 0.25) is 5.88 Å². The second-order valence-corrected chi connectivity index (χ2v) is 6.63. The number of aliphatic imine (C=N–C) groups is 1. The van der Waals surface area contributed by atoms with Gasteiger partial charge in [0.05, 0.1) is 29.6 Å². The topological polar surface area (TPSA) is 38.0 Å². The Hall–Kier alpha value is -0.860. The molecule has 2 heterocycles. The van der Waals surface area contributed by atoms with E-state index in [-0.39, 0.29) is 0 Å². The molecular formula is C15H14BrIN2O2. The van der Waals surface area contributed by atoms with Crippen molar-refractivity contribution in [2.24, 2.45) is 4.99 Å². The smallest absolute Gasteiger partial charge is 0.210 e. The van der Waals surface area contributed by atoms with Crippen LogP contribution in [0.2, 0.25) is 0 Å². The molecule has 0 radical (unpaired) electrons. The van der Waals surface area contributed by atoms with Gasteiger partial charge in [-0.3, -0.25) is 4.99 Å². The van der Waals surface area contributed by atoms with Crippen LogP contribution in [0.1, 0.15) is 5.76 Å². The number of furan rings is 1. The van der Waals surface area contributed by atoms with Crippen LogP contribution in [-0.2, 0) is 4.74 Å². The zero-order chi connectivity index (χ0) is 14.7. The predicted octanol–water partition coefficient (Wildman–Crippen LogP) is 4.23. The van der Waals surface area contributed by atoms with Gasteiger partial charge in [-0.25, -0.2) is 0 Å². The molecule has 0 amide bonds. The second-order valence-electron chi connectivity index (χ2n) is 4.61. The number of nitrogens with zero attached hydrogens (tertiary/aromatic N) is 2. The maximum Gasteiger partial charge on any atom is 0.210 e. The fourth-order valence-electron chi connectivity index (χ4n) is 2.11. The highest BCUT2D eigenvalue weighted by Crippen LogP contribution is 2.30. The van der Waals surface area contributed by atoms with Gasteiger partial charge >= 0.3 is 0 Å². The quantitative estimate of drug-likeness (QED) is 0.508. The number of ether oxygens (including phenoxy) is 1. The second kappa shape index (κ2) is 6.93. The Morgan fingerprint density at radius 3 is 2.76 bits per heavy atom. The minimum Gasteiger partial charge on any atom is -0.438 e. The van der Waals surface area contributed by atoms with Gasteiger partial charge in [0.25, 0.3) is 0 Å². The predicted molar refractivity (Wildman–Crippen MR) is 95.9 cm³/mol. The molecule has 0 unspecified atom stereocenters. The maximum atomic E-state index is 5.89. The lowest BCUT2D eigenvalue weighted by molar-refractivity contribution is 0.120. The van der Waals surface area contributed by atoms with Gasteiger partial charge in [-0.05, 0) is 50.7 Å². The van der Waals surface area contributed by atoms with Crippen LogP contribution in [0, 0.1) is 3.57 Å². The highest BCUT2D eigenvalue weighted by Gasteiger charge is 2.18. The van der Waals surface area contributed by atoms with E-state index < -0.39 is 0 Å². The molecule has 1 fully saturated rings. The van der Waals surface area contributed by atoms with Crippen LogP contribution in [-0.4, -0.2) is 32.5 Å². The number of hydrogen-bond donors (Lipinski definition) is 0. The van der Waals surface area contributed by atoms with Crippen LogP contribution >= 0.6 is 38.5 Å². The molecule has 0 N–H and O–H groups in total. The fourth-order valence-corrected chi connectivity index (χ4v) is 3.20. The highest BCUT2D eigenvalue weighted by atomic mass is 127. The number of morpholine rings is 1.